The summed E-state index contributed by atoms with van der Waals surface area (Å²) in [5, 5.41) is 6.28. The fraction of sp³-hybridized carbons (Fsp3) is 0.500. The molecule has 0 aromatic heterocycles. The predicted molar refractivity (Wildman–Crippen MR) is 74.6 cm³/mol. The van der Waals surface area contributed by atoms with Crippen molar-refractivity contribution in [1.82, 2.24) is 15.5 Å². The highest BCUT2D eigenvalue weighted by atomic mass is 16.2. The van der Waals surface area contributed by atoms with E-state index in [2.05, 4.69) is 29.7 Å². The lowest BCUT2D eigenvalue weighted by Crippen LogP contribution is -2.39. The summed E-state index contributed by atoms with van der Waals surface area (Å²) in [5.41, 5.74) is 1.29. The molecule has 1 atom stereocenters. The maximum Gasteiger partial charge on any atom is 0.316 e. The van der Waals surface area contributed by atoms with Gasteiger partial charge in [-0.1, -0.05) is 37.3 Å². The van der Waals surface area contributed by atoms with E-state index in [1.54, 1.807) is 14.1 Å². The van der Waals surface area contributed by atoms with Crippen LogP contribution in [0.15, 0.2) is 30.3 Å². The Balaban J connectivity index is 2.31. The summed E-state index contributed by atoms with van der Waals surface area (Å²) in [4.78, 5) is 12.9. The van der Waals surface area contributed by atoms with Gasteiger partial charge in [-0.05, 0) is 12.0 Å². The number of benzene rings is 1. The van der Waals surface area contributed by atoms with Crippen molar-refractivity contribution in [2.45, 2.75) is 19.4 Å². The van der Waals surface area contributed by atoms with Crippen molar-refractivity contribution in [2.24, 2.45) is 0 Å². The Hall–Kier alpha value is -1.55. The molecule has 2 amide bonds. The largest absolute Gasteiger partial charge is 0.337 e. The third kappa shape index (κ3) is 4.75. The molecule has 0 bridgehead atoms. The van der Waals surface area contributed by atoms with E-state index in [-0.39, 0.29) is 6.03 Å². The lowest BCUT2D eigenvalue weighted by atomic mass is 10.0. The van der Waals surface area contributed by atoms with E-state index < -0.39 is 0 Å². The maximum absolute atomic E-state index is 11.3. The molecule has 1 aromatic rings. The van der Waals surface area contributed by atoms with Gasteiger partial charge in [0, 0.05) is 33.2 Å². The molecule has 0 saturated heterocycles. The van der Waals surface area contributed by atoms with E-state index in [1.165, 1.54) is 10.5 Å². The molecule has 0 saturated carbocycles. The highest BCUT2D eigenvalue weighted by Crippen LogP contribution is 2.14. The fourth-order valence-corrected chi connectivity index (χ4v) is 1.76. The van der Waals surface area contributed by atoms with E-state index in [0.717, 1.165) is 13.0 Å². The van der Waals surface area contributed by atoms with Crippen molar-refractivity contribution in [3.05, 3.63) is 35.9 Å². The minimum absolute atomic E-state index is 0.0513. The number of amides is 2. The van der Waals surface area contributed by atoms with Gasteiger partial charge in [-0.25, -0.2) is 4.79 Å². The van der Waals surface area contributed by atoms with Crippen LogP contribution >= 0.6 is 0 Å². The number of hydrogen-bond acceptors (Lipinski definition) is 2. The summed E-state index contributed by atoms with van der Waals surface area (Å²) >= 11 is 0. The van der Waals surface area contributed by atoms with Crippen molar-refractivity contribution >= 4 is 6.03 Å². The number of urea groups is 1. The molecule has 0 spiro atoms. The zero-order valence-corrected chi connectivity index (χ0v) is 11.4. The summed E-state index contributed by atoms with van der Waals surface area (Å²) in [6.07, 6.45) is 1.03. The molecule has 100 valence electrons. The van der Waals surface area contributed by atoms with Crippen molar-refractivity contribution in [3.8, 4) is 0 Å². The minimum Gasteiger partial charge on any atom is -0.337 e. The number of carbonyl (C=O) groups excluding carboxylic acids is 1. The second kappa shape index (κ2) is 7.71. The number of rotatable bonds is 6. The minimum atomic E-state index is -0.0513. The van der Waals surface area contributed by atoms with E-state index >= 15 is 0 Å². The van der Waals surface area contributed by atoms with Crippen LogP contribution in [0, 0.1) is 0 Å². The van der Waals surface area contributed by atoms with Crippen LogP contribution in [0.2, 0.25) is 0 Å². The second-order valence-corrected chi connectivity index (χ2v) is 4.45. The van der Waals surface area contributed by atoms with Crippen LogP contribution < -0.4 is 10.6 Å². The average Bonchev–Trinajstić information content (AvgIpc) is 2.39. The Morgan fingerprint density at radius 1 is 1.22 bits per heavy atom. The molecule has 0 aliphatic rings. The fourth-order valence-electron chi connectivity index (χ4n) is 1.76. The third-order valence-electron chi connectivity index (χ3n) is 2.81. The molecule has 0 aliphatic carbocycles. The quantitative estimate of drug-likeness (QED) is 0.757. The molecule has 0 aliphatic heterocycles. The smallest absolute Gasteiger partial charge is 0.316 e. The van der Waals surface area contributed by atoms with Gasteiger partial charge in [0.05, 0.1) is 0 Å². The van der Waals surface area contributed by atoms with E-state index in [1.807, 2.05) is 18.2 Å². The van der Waals surface area contributed by atoms with E-state index in [0.29, 0.717) is 12.6 Å². The molecule has 4 heteroatoms. The molecule has 0 radical (unpaired) electrons. The molecule has 18 heavy (non-hydrogen) atoms. The second-order valence-electron chi connectivity index (χ2n) is 4.45. The average molecular weight is 249 g/mol. The van der Waals surface area contributed by atoms with E-state index in [9.17, 15) is 4.79 Å². The van der Waals surface area contributed by atoms with Crippen molar-refractivity contribution in [2.75, 3.05) is 27.2 Å². The molecule has 4 nitrogen and oxygen atoms in total. The predicted octanol–water partition coefficient (Wildman–Crippen LogP) is 2.00. The van der Waals surface area contributed by atoms with E-state index in [4.69, 9.17) is 0 Å². The van der Waals surface area contributed by atoms with Gasteiger partial charge >= 0.3 is 6.03 Å². The molecule has 1 unspecified atom stereocenters. The Labute approximate surface area is 109 Å². The van der Waals surface area contributed by atoms with Gasteiger partial charge in [-0.15, -0.1) is 0 Å². The van der Waals surface area contributed by atoms with Gasteiger partial charge in [0.25, 0.3) is 0 Å². The summed E-state index contributed by atoms with van der Waals surface area (Å²) in [7, 11) is 3.48. The number of nitrogens with one attached hydrogen (secondary N) is 2. The molecule has 1 rings (SSSR count). The number of carbonyl (C=O) groups is 1. The number of nitrogens with zero attached hydrogens (tertiary/aromatic N) is 1. The highest BCUT2D eigenvalue weighted by molar-refractivity contribution is 5.73. The normalized spacial score (nSPS) is 11.9. The first kappa shape index (κ1) is 14.5. The van der Waals surface area contributed by atoms with Crippen molar-refractivity contribution < 1.29 is 4.79 Å². The van der Waals surface area contributed by atoms with Crippen LogP contribution in [0.5, 0.6) is 0 Å². The Morgan fingerprint density at radius 2 is 1.89 bits per heavy atom. The number of hydrogen-bond donors (Lipinski definition) is 2. The Kier molecular flexibility index (Phi) is 6.22. The zero-order valence-electron chi connectivity index (χ0n) is 11.4. The lowest BCUT2D eigenvalue weighted by Gasteiger charge is -2.18. The first-order valence-electron chi connectivity index (χ1n) is 6.38. The summed E-state index contributed by atoms with van der Waals surface area (Å²) in [6, 6.07) is 10.7. The van der Waals surface area contributed by atoms with Crippen molar-refractivity contribution in [3.63, 3.8) is 0 Å². The lowest BCUT2D eigenvalue weighted by molar-refractivity contribution is 0.217. The zero-order chi connectivity index (χ0) is 13.4. The van der Waals surface area contributed by atoms with Crippen LogP contribution in [-0.4, -0.2) is 38.1 Å². The van der Waals surface area contributed by atoms with Crippen LogP contribution in [0.3, 0.4) is 0 Å². The molecule has 2 N–H and O–H groups in total. The third-order valence-corrected chi connectivity index (χ3v) is 2.81. The van der Waals surface area contributed by atoms with Gasteiger partial charge in [0.1, 0.15) is 0 Å². The summed E-state index contributed by atoms with van der Waals surface area (Å²) in [5.74, 6) is 0. The molecule has 0 heterocycles. The van der Waals surface area contributed by atoms with Gasteiger partial charge in [-0.3, -0.25) is 0 Å². The van der Waals surface area contributed by atoms with Crippen LogP contribution in [0.1, 0.15) is 24.9 Å². The Morgan fingerprint density at radius 3 is 2.44 bits per heavy atom. The molecular weight excluding hydrogens is 226 g/mol. The van der Waals surface area contributed by atoms with Crippen LogP contribution in [-0.2, 0) is 0 Å². The summed E-state index contributed by atoms with van der Waals surface area (Å²) in [6.45, 7) is 3.57. The SMILES string of the molecule is CCC(NCCNC(=O)N(C)C)c1ccccc1. The Bertz CT molecular complexity index is 351. The van der Waals surface area contributed by atoms with Gasteiger partial charge in [-0.2, -0.15) is 0 Å². The monoisotopic (exact) mass is 249 g/mol. The highest BCUT2D eigenvalue weighted by Gasteiger charge is 2.07. The van der Waals surface area contributed by atoms with Crippen LogP contribution in [0.4, 0.5) is 4.79 Å². The van der Waals surface area contributed by atoms with Crippen LogP contribution in [0.25, 0.3) is 0 Å². The molecule has 1 aromatic carbocycles. The van der Waals surface area contributed by atoms with Crippen molar-refractivity contribution in [1.29, 1.82) is 0 Å². The molecule has 0 fully saturated rings. The van der Waals surface area contributed by atoms with Gasteiger partial charge in [0.2, 0.25) is 0 Å². The first-order chi connectivity index (χ1) is 8.65. The molecular formula is C14H23N3O. The maximum atomic E-state index is 11.3. The topological polar surface area (TPSA) is 44.4 Å². The summed E-state index contributed by atoms with van der Waals surface area (Å²) < 4.78 is 0. The standard InChI is InChI=1S/C14H23N3O/c1-4-13(12-8-6-5-7-9-12)15-10-11-16-14(18)17(2)3/h5-9,13,15H,4,10-11H2,1-3H3,(H,16,18). The van der Waals surface area contributed by atoms with Gasteiger partial charge in [0.15, 0.2) is 0 Å². The van der Waals surface area contributed by atoms with Gasteiger partial charge < -0.3 is 15.5 Å². The first-order valence-corrected chi connectivity index (χ1v) is 6.38.